The highest BCUT2D eigenvalue weighted by molar-refractivity contribution is 5.97. The number of carboxylic acids is 2. The molecule has 3 aromatic heterocycles. The van der Waals surface area contributed by atoms with Gasteiger partial charge < -0.3 is 64.3 Å². The molecule has 3 fully saturated rings. The minimum Gasteiger partial charge on any atom is -0.480 e. The number of hydrogen-bond acceptors (Lipinski definition) is 12. The number of nitro benzene ring substituents is 1. The minimum absolute atomic E-state index is 0.0275. The van der Waals surface area contributed by atoms with Gasteiger partial charge in [0.15, 0.2) is 0 Å². The Balaban J connectivity index is 0.000000150. The second-order valence-corrected chi connectivity index (χ2v) is 17.2. The third-order valence-electron chi connectivity index (χ3n) is 13.4. The second-order valence-electron chi connectivity index (χ2n) is 17.2. The summed E-state index contributed by atoms with van der Waals surface area (Å²) in [5, 5.41) is 32.8. The number of fused-ring (bicyclic) bond motifs is 3. The molecular formula is C48H63N9O9. The van der Waals surface area contributed by atoms with Crippen molar-refractivity contribution in [1.29, 1.82) is 0 Å². The van der Waals surface area contributed by atoms with Crippen molar-refractivity contribution in [3.63, 3.8) is 0 Å². The highest BCUT2D eigenvalue weighted by Crippen LogP contribution is 2.38. The number of aromatic nitrogens is 3. The van der Waals surface area contributed by atoms with Crippen LogP contribution in [-0.2, 0) is 57.8 Å². The first-order chi connectivity index (χ1) is 31.5. The van der Waals surface area contributed by atoms with Crippen molar-refractivity contribution < 1.29 is 38.9 Å². The number of nitrogens with zero attached hydrogens (tertiary/aromatic N) is 7. The molecule has 9 rings (SSSR count). The number of rotatable bonds is 10. The van der Waals surface area contributed by atoms with E-state index in [2.05, 4.69) is 80.3 Å². The van der Waals surface area contributed by atoms with E-state index < -0.39 is 28.9 Å². The second kappa shape index (κ2) is 20.6. The first kappa shape index (κ1) is 47.8. The van der Waals surface area contributed by atoms with Crippen molar-refractivity contribution in [1.82, 2.24) is 13.7 Å². The van der Waals surface area contributed by atoms with E-state index in [4.69, 9.17) is 35.9 Å². The third kappa shape index (κ3) is 10.1. The monoisotopic (exact) mass is 909 g/mol. The molecule has 2 atom stereocenters. The predicted molar refractivity (Wildman–Crippen MR) is 257 cm³/mol. The van der Waals surface area contributed by atoms with Gasteiger partial charge in [0, 0.05) is 119 Å². The van der Waals surface area contributed by atoms with Gasteiger partial charge >= 0.3 is 11.9 Å². The predicted octanol–water partition coefficient (Wildman–Crippen LogP) is 4.79. The van der Waals surface area contributed by atoms with Crippen molar-refractivity contribution in [2.45, 2.75) is 45.7 Å². The van der Waals surface area contributed by atoms with Crippen LogP contribution >= 0.6 is 0 Å². The lowest BCUT2D eigenvalue weighted by Crippen LogP contribution is -2.36. The van der Waals surface area contributed by atoms with Crippen LogP contribution in [0.5, 0.6) is 0 Å². The molecule has 3 saturated heterocycles. The SMILES string of the molecule is Cc1c(CC(N)C(=O)O)c2c([N+](=O)[O-])cc(N3CCOCC3)cc2n1C.Cc1c(CC(N)C(=O)O)c2ccc(N3CCOCC3)cc2n1C.Cc1cc2ccc(N3CCOCC3)cc2n1C. The van der Waals surface area contributed by atoms with Crippen LogP contribution in [0.3, 0.4) is 0 Å². The normalized spacial score (nSPS) is 16.5. The van der Waals surface area contributed by atoms with Crippen LogP contribution in [0.2, 0.25) is 0 Å². The van der Waals surface area contributed by atoms with Crippen LogP contribution in [0.25, 0.3) is 32.7 Å². The zero-order valence-corrected chi connectivity index (χ0v) is 38.8. The van der Waals surface area contributed by atoms with E-state index in [0.29, 0.717) is 49.2 Å². The molecule has 2 unspecified atom stereocenters. The van der Waals surface area contributed by atoms with E-state index in [9.17, 15) is 19.7 Å². The number of morpholine rings is 3. The van der Waals surface area contributed by atoms with Crippen molar-refractivity contribution in [3.05, 3.63) is 92.9 Å². The fraction of sp³-hybridized carbons (Fsp3) is 0.458. The van der Waals surface area contributed by atoms with Gasteiger partial charge in [0.25, 0.3) is 5.69 Å². The van der Waals surface area contributed by atoms with Gasteiger partial charge in [-0.05, 0) is 73.7 Å². The summed E-state index contributed by atoms with van der Waals surface area (Å²) in [7, 11) is 5.96. The Morgan fingerprint density at radius 2 is 1.06 bits per heavy atom. The van der Waals surface area contributed by atoms with Crippen LogP contribution in [-0.4, -0.2) is 132 Å². The number of ether oxygens (including phenoxy) is 3. The van der Waals surface area contributed by atoms with Crippen LogP contribution < -0.4 is 26.2 Å². The quantitative estimate of drug-likeness (QED) is 0.107. The van der Waals surface area contributed by atoms with E-state index in [-0.39, 0.29) is 12.1 Å². The first-order valence-electron chi connectivity index (χ1n) is 22.4. The number of carboxylic acid groups (broad SMARTS) is 2. The average Bonchev–Trinajstić information content (AvgIpc) is 3.85. The smallest absolute Gasteiger partial charge is 0.320 e. The van der Waals surface area contributed by atoms with Gasteiger partial charge in [-0.2, -0.15) is 0 Å². The highest BCUT2D eigenvalue weighted by atomic mass is 16.6. The van der Waals surface area contributed by atoms with Gasteiger partial charge in [-0.1, -0.05) is 12.1 Å². The molecule has 0 spiro atoms. The molecule has 3 aliphatic heterocycles. The molecule has 0 aliphatic carbocycles. The number of hydrogen-bond donors (Lipinski definition) is 4. The number of aliphatic carboxylic acids is 2. The Morgan fingerprint density at radius 1 is 0.621 bits per heavy atom. The largest absolute Gasteiger partial charge is 0.480 e. The Morgan fingerprint density at radius 3 is 1.58 bits per heavy atom. The summed E-state index contributed by atoms with van der Waals surface area (Å²) in [6.07, 6.45) is 0.381. The number of nitro groups is 1. The Bertz CT molecular complexity index is 2720. The molecule has 18 heteroatoms. The molecule has 18 nitrogen and oxygen atoms in total. The van der Waals surface area contributed by atoms with E-state index >= 15 is 0 Å². The fourth-order valence-electron chi connectivity index (χ4n) is 9.13. The maximum absolute atomic E-state index is 11.7. The van der Waals surface area contributed by atoms with Gasteiger partial charge in [-0.25, -0.2) is 0 Å². The molecular weight excluding hydrogens is 847 g/mol. The third-order valence-corrected chi connectivity index (χ3v) is 13.4. The molecule has 3 aliphatic rings. The lowest BCUT2D eigenvalue weighted by atomic mass is 10.0. The van der Waals surface area contributed by atoms with Crippen LogP contribution in [0.1, 0.15) is 28.2 Å². The maximum atomic E-state index is 11.7. The van der Waals surface area contributed by atoms with Crippen molar-refractivity contribution in [3.8, 4) is 0 Å². The summed E-state index contributed by atoms with van der Waals surface area (Å²) in [5.41, 5.74) is 22.5. The Hall–Kier alpha value is -6.18. The summed E-state index contributed by atoms with van der Waals surface area (Å²) < 4.78 is 22.4. The first-order valence-corrected chi connectivity index (χ1v) is 22.4. The van der Waals surface area contributed by atoms with Gasteiger partial charge in [-0.15, -0.1) is 0 Å². The molecule has 6 N–H and O–H groups in total. The Labute approximate surface area is 383 Å². The molecule has 0 amide bonds. The number of nitrogens with two attached hydrogens (primary N) is 2. The molecule has 66 heavy (non-hydrogen) atoms. The Kier molecular flexibility index (Phi) is 14.9. The lowest BCUT2D eigenvalue weighted by Gasteiger charge is -2.29. The van der Waals surface area contributed by atoms with Crippen LogP contribution in [0.4, 0.5) is 22.7 Å². The molecule has 0 radical (unpaired) electrons. The van der Waals surface area contributed by atoms with Gasteiger partial charge in [0.05, 0.1) is 66.5 Å². The number of non-ortho nitro benzene ring substituents is 1. The zero-order valence-electron chi connectivity index (χ0n) is 38.8. The molecule has 6 aromatic rings. The highest BCUT2D eigenvalue weighted by Gasteiger charge is 2.27. The van der Waals surface area contributed by atoms with Gasteiger partial charge in [0.2, 0.25) is 0 Å². The van der Waals surface area contributed by atoms with Crippen molar-refractivity contribution >= 4 is 67.4 Å². The van der Waals surface area contributed by atoms with E-state index in [1.165, 1.54) is 28.0 Å². The molecule has 354 valence electrons. The standard InChI is InChI=1S/C17H22N4O5.C17H23N3O3.C14H18N2O/c1-10-12(9-13(18)17(22)23)16-14(19(10)2)7-11(8-15(16)21(24)25)20-3-5-26-6-4-20;1-11-14(10-15(18)17(21)22)13-4-3-12(9-16(13)19(11)2)20-5-7-23-8-6-20;1-11-9-12-3-4-13(10-14(12)15(11)2)16-5-7-17-8-6-16/h7-8,13H,3-6,9,18H2,1-2H3,(H,22,23);3-4,9,15H,5-8,10,18H2,1-2H3,(H,21,22);3-4,9-10H,5-8H2,1-2H3. The summed E-state index contributed by atoms with van der Waals surface area (Å²) in [4.78, 5) is 40.3. The molecule has 0 saturated carbocycles. The fourth-order valence-corrected chi connectivity index (χ4v) is 9.13. The van der Waals surface area contributed by atoms with Gasteiger partial charge in [-0.3, -0.25) is 19.7 Å². The molecule has 6 heterocycles. The summed E-state index contributed by atoms with van der Waals surface area (Å²) >= 11 is 0. The van der Waals surface area contributed by atoms with Crippen molar-refractivity contribution in [2.75, 3.05) is 93.6 Å². The summed E-state index contributed by atoms with van der Waals surface area (Å²) in [6.45, 7) is 15.4. The number of carbonyl (C=O) groups is 2. The molecule has 0 bridgehead atoms. The molecule has 3 aromatic carbocycles. The van der Waals surface area contributed by atoms with E-state index in [1.54, 1.807) is 6.07 Å². The number of anilines is 3. The van der Waals surface area contributed by atoms with E-state index in [1.807, 2.05) is 38.6 Å². The minimum atomic E-state index is -1.13. The van der Waals surface area contributed by atoms with Crippen molar-refractivity contribution in [2.24, 2.45) is 32.6 Å². The average molecular weight is 910 g/mol. The van der Waals surface area contributed by atoms with Crippen LogP contribution in [0, 0.1) is 30.9 Å². The summed E-state index contributed by atoms with van der Waals surface area (Å²) in [5.74, 6) is -2.10. The topological polar surface area (TPSA) is 222 Å². The zero-order chi connectivity index (χ0) is 47.4. The van der Waals surface area contributed by atoms with Crippen LogP contribution in [0.15, 0.2) is 54.6 Å². The van der Waals surface area contributed by atoms with Gasteiger partial charge in [0.1, 0.15) is 12.1 Å². The number of benzene rings is 3. The summed E-state index contributed by atoms with van der Waals surface area (Å²) in [6, 6.07) is 16.8. The van der Waals surface area contributed by atoms with E-state index in [0.717, 1.165) is 86.1 Å². The lowest BCUT2D eigenvalue weighted by molar-refractivity contribution is -0.383. The number of aryl methyl sites for hydroxylation is 4. The maximum Gasteiger partial charge on any atom is 0.320 e.